The van der Waals surface area contributed by atoms with Crippen LogP contribution in [0.3, 0.4) is 0 Å². The van der Waals surface area contributed by atoms with E-state index in [-0.39, 0.29) is 11.6 Å². The fourth-order valence-corrected chi connectivity index (χ4v) is 4.28. The van der Waals surface area contributed by atoms with Gasteiger partial charge in [-0.2, -0.15) is 0 Å². The lowest BCUT2D eigenvalue weighted by molar-refractivity contribution is 0.482. The molecule has 1 aromatic heterocycles. The van der Waals surface area contributed by atoms with Gasteiger partial charge in [0.1, 0.15) is 17.2 Å². The van der Waals surface area contributed by atoms with E-state index >= 15 is 0 Å². The van der Waals surface area contributed by atoms with Crippen LogP contribution >= 0.6 is 0 Å². The Morgan fingerprint density at radius 1 is 0.971 bits per heavy atom. The number of aromatic nitrogens is 2. The van der Waals surface area contributed by atoms with E-state index in [4.69, 9.17) is 15.1 Å². The molecule has 3 aromatic carbocycles. The van der Waals surface area contributed by atoms with Crippen molar-refractivity contribution in [3.8, 4) is 22.9 Å². The fraction of sp³-hybridized carbons (Fsp3) is 0.179. The first-order valence-corrected chi connectivity index (χ1v) is 11.7. The number of imidazole rings is 1. The number of nitrogens with one attached hydrogen (secondary N) is 2. The Balaban J connectivity index is 1.64. The lowest BCUT2D eigenvalue weighted by atomic mass is 10.00. The molecule has 0 spiro atoms. The van der Waals surface area contributed by atoms with Crippen LogP contribution < -0.4 is 15.7 Å². The average molecular weight is 466 g/mol. The van der Waals surface area contributed by atoms with Crippen molar-refractivity contribution in [2.75, 3.05) is 12.4 Å². The first kappa shape index (κ1) is 22.4. The molecule has 0 saturated carbocycles. The third-order valence-electron chi connectivity index (χ3n) is 6.18. The van der Waals surface area contributed by atoms with Gasteiger partial charge in [0, 0.05) is 18.9 Å². The average Bonchev–Trinajstić information content (AvgIpc) is 3.09. The zero-order valence-electron chi connectivity index (χ0n) is 19.7. The van der Waals surface area contributed by atoms with Gasteiger partial charge < -0.3 is 15.5 Å². The van der Waals surface area contributed by atoms with E-state index in [1.807, 2.05) is 92.1 Å². The number of nitrogens with zero attached hydrogens (tertiary/aromatic N) is 3. The molecule has 0 bridgehead atoms. The van der Waals surface area contributed by atoms with Crippen molar-refractivity contribution in [2.45, 2.75) is 19.8 Å². The SMILES string of the molecule is CCC1C=Nc2c(n(-c3ccc(Oc4ccccc4)cc3)c(=O)n2-c2cccc(NC)c2)C(=N)C1. The second kappa shape index (κ2) is 9.46. The van der Waals surface area contributed by atoms with Crippen molar-refractivity contribution in [1.82, 2.24) is 9.13 Å². The molecule has 0 aliphatic carbocycles. The van der Waals surface area contributed by atoms with Crippen LogP contribution in [-0.4, -0.2) is 28.1 Å². The molecule has 176 valence electrons. The summed E-state index contributed by atoms with van der Waals surface area (Å²) in [4.78, 5) is 18.6. The Morgan fingerprint density at radius 3 is 2.43 bits per heavy atom. The maximum atomic E-state index is 13.8. The largest absolute Gasteiger partial charge is 0.457 e. The quantitative estimate of drug-likeness (QED) is 0.368. The summed E-state index contributed by atoms with van der Waals surface area (Å²) in [5.74, 6) is 2.04. The molecule has 0 amide bonds. The van der Waals surface area contributed by atoms with Crippen molar-refractivity contribution in [3.05, 3.63) is 95.0 Å². The number of hydrogen-bond acceptors (Lipinski definition) is 5. The molecule has 0 fully saturated rings. The van der Waals surface area contributed by atoms with Gasteiger partial charge in [0.15, 0.2) is 5.82 Å². The Hall–Kier alpha value is -4.39. The molecular weight excluding hydrogens is 438 g/mol. The summed E-state index contributed by atoms with van der Waals surface area (Å²) in [5.41, 5.74) is 2.89. The van der Waals surface area contributed by atoms with Crippen LogP contribution in [0, 0.1) is 11.3 Å². The van der Waals surface area contributed by atoms with Gasteiger partial charge in [0.25, 0.3) is 0 Å². The molecule has 1 aliphatic rings. The minimum Gasteiger partial charge on any atom is -0.457 e. The van der Waals surface area contributed by atoms with Crippen LogP contribution in [0.2, 0.25) is 0 Å². The van der Waals surface area contributed by atoms with Crippen molar-refractivity contribution < 1.29 is 4.74 Å². The topological polar surface area (TPSA) is 84.4 Å². The summed E-state index contributed by atoms with van der Waals surface area (Å²) in [7, 11) is 1.84. The Kier molecular flexibility index (Phi) is 6.06. The highest BCUT2D eigenvalue weighted by Gasteiger charge is 2.28. The summed E-state index contributed by atoms with van der Waals surface area (Å²) in [5, 5.41) is 12.0. The lowest BCUT2D eigenvalue weighted by Gasteiger charge is -2.11. The molecular formula is C28H27N5O2. The van der Waals surface area contributed by atoms with Gasteiger partial charge in [0.05, 0.1) is 17.1 Å². The van der Waals surface area contributed by atoms with Gasteiger partial charge >= 0.3 is 5.69 Å². The van der Waals surface area contributed by atoms with E-state index in [0.717, 1.165) is 17.9 Å². The molecule has 35 heavy (non-hydrogen) atoms. The highest BCUT2D eigenvalue weighted by Crippen LogP contribution is 2.31. The number of ether oxygens (including phenoxy) is 1. The molecule has 7 heteroatoms. The predicted molar refractivity (Wildman–Crippen MR) is 141 cm³/mol. The summed E-state index contributed by atoms with van der Waals surface area (Å²) in [6.07, 6.45) is 3.28. The minimum atomic E-state index is -0.267. The fourth-order valence-electron chi connectivity index (χ4n) is 4.28. The molecule has 2 N–H and O–H groups in total. The summed E-state index contributed by atoms with van der Waals surface area (Å²) < 4.78 is 9.10. The van der Waals surface area contributed by atoms with Crippen LogP contribution in [0.1, 0.15) is 25.5 Å². The number of benzene rings is 3. The number of aliphatic imine (C=N–C) groups is 1. The van der Waals surface area contributed by atoms with Crippen LogP contribution in [0.5, 0.6) is 11.5 Å². The van der Waals surface area contributed by atoms with Crippen LogP contribution in [0.15, 0.2) is 88.6 Å². The van der Waals surface area contributed by atoms with Crippen LogP contribution in [0.25, 0.3) is 11.4 Å². The van der Waals surface area contributed by atoms with E-state index in [0.29, 0.717) is 40.8 Å². The van der Waals surface area contributed by atoms with Gasteiger partial charge in [0.2, 0.25) is 0 Å². The first-order valence-electron chi connectivity index (χ1n) is 11.7. The van der Waals surface area contributed by atoms with Crippen LogP contribution in [-0.2, 0) is 0 Å². The molecule has 7 nitrogen and oxygen atoms in total. The van der Waals surface area contributed by atoms with E-state index in [1.165, 1.54) is 0 Å². The smallest absolute Gasteiger partial charge is 0.339 e. The summed E-state index contributed by atoms with van der Waals surface area (Å²) >= 11 is 0. The molecule has 2 heterocycles. The molecule has 1 atom stereocenters. The molecule has 0 saturated heterocycles. The van der Waals surface area contributed by atoms with Crippen molar-refractivity contribution >= 4 is 23.4 Å². The zero-order chi connectivity index (χ0) is 24.4. The third kappa shape index (κ3) is 4.28. The molecule has 5 rings (SSSR count). The standard InChI is InChI=1S/C28H27N5O2/c1-3-19-16-25(29)26-27(31-18-19)33(22-9-7-8-20(17-22)30-2)28(34)32(26)21-12-14-24(15-13-21)35-23-10-5-4-6-11-23/h4-15,17-19,29-30H,3,16H2,1-2H3. The lowest BCUT2D eigenvalue weighted by Crippen LogP contribution is -2.24. The second-order valence-corrected chi connectivity index (χ2v) is 8.46. The number of rotatable bonds is 6. The maximum Gasteiger partial charge on any atom is 0.339 e. The molecule has 1 unspecified atom stereocenters. The Morgan fingerprint density at radius 2 is 1.71 bits per heavy atom. The molecule has 1 aliphatic heterocycles. The van der Waals surface area contributed by atoms with Gasteiger partial charge in [-0.25, -0.2) is 14.4 Å². The molecule has 4 aromatic rings. The van der Waals surface area contributed by atoms with Gasteiger partial charge in [-0.3, -0.25) is 4.57 Å². The molecule has 0 radical (unpaired) electrons. The summed E-state index contributed by atoms with van der Waals surface area (Å²) in [6.45, 7) is 2.09. The maximum absolute atomic E-state index is 13.8. The number of para-hydroxylation sites is 1. The van der Waals surface area contributed by atoms with Crippen LogP contribution in [0.4, 0.5) is 11.5 Å². The Bertz CT molecular complexity index is 1450. The van der Waals surface area contributed by atoms with Gasteiger partial charge in [-0.05, 0) is 73.4 Å². The van der Waals surface area contributed by atoms with Crippen molar-refractivity contribution in [1.29, 1.82) is 5.41 Å². The number of fused-ring (bicyclic) bond motifs is 1. The highest BCUT2D eigenvalue weighted by atomic mass is 16.5. The Labute approximate surface area is 203 Å². The van der Waals surface area contributed by atoms with Gasteiger partial charge in [-0.15, -0.1) is 0 Å². The zero-order valence-corrected chi connectivity index (χ0v) is 19.7. The van der Waals surface area contributed by atoms with E-state index in [9.17, 15) is 4.79 Å². The van der Waals surface area contributed by atoms with Crippen molar-refractivity contribution in [3.63, 3.8) is 0 Å². The first-order chi connectivity index (χ1) is 17.1. The number of hydrogen-bond donors (Lipinski definition) is 2. The predicted octanol–water partition coefficient (Wildman–Crippen LogP) is 5.96. The second-order valence-electron chi connectivity index (χ2n) is 8.46. The van der Waals surface area contributed by atoms with E-state index < -0.39 is 0 Å². The van der Waals surface area contributed by atoms with Crippen molar-refractivity contribution in [2.24, 2.45) is 10.9 Å². The highest BCUT2D eigenvalue weighted by molar-refractivity contribution is 6.04. The van der Waals surface area contributed by atoms with E-state index in [1.54, 1.807) is 9.13 Å². The number of anilines is 1. The van der Waals surface area contributed by atoms with Gasteiger partial charge in [-0.1, -0.05) is 31.2 Å². The monoisotopic (exact) mass is 465 g/mol. The van der Waals surface area contributed by atoms with E-state index in [2.05, 4.69) is 12.2 Å². The third-order valence-corrected chi connectivity index (χ3v) is 6.18. The minimum absolute atomic E-state index is 0.150. The summed E-state index contributed by atoms with van der Waals surface area (Å²) in [6, 6.07) is 24.5. The normalized spacial score (nSPS) is 14.9.